The second kappa shape index (κ2) is 8.31. The van der Waals surface area contributed by atoms with Crippen LogP contribution in [0.3, 0.4) is 0 Å². The zero-order valence-electron chi connectivity index (χ0n) is 15.9. The molecule has 1 saturated heterocycles. The minimum absolute atomic E-state index is 0.258. The van der Waals surface area contributed by atoms with E-state index < -0.39 is 0 Å². The van der Waals surface area contributed by atoms with E-state index in [9.17, 15) is 4.79 Å². The van der Waals surface area contributed by atoms with E-state index in [2.05, 4.69) is 38.1 Å². The monoisotopic (exact) mass is 376 g/mol. The van der Waals surface area contributed by atoms with Crippen LogP contribution in [-0.4, -0.2) is 39.0 Å². The van der Waals surface area contributed by atoms with Gasteiger partial charge >= 0.3 is 0 Å². The van der Waals surface area contributed by atoms with Crippen molar-refractivity contribution < 1.29 is 4.79 Å². The van der Waals surface area contributed by atoms with Gasteiger partial charge in [-0.05, 0) is 56.0 Å². The summed E-state index contributed by atoms with van der Waals surface area (Å²) in [5.74, 6) is 0.259. The number of pyridine rings is 1. The molecular formula is C21H24N6O. The van der Waals surface area contributed by atoms with Crippen molar-refractivity contribution in [2.75, 3.05) is 18.4 Å². The molecular weight excluding hydrogens is 352 g/mol. The molecule has 1 atom stereocenters. The highest BCUT2D eigenvalue weighted by molar-refractivity contribution is 6.03. The van der Waals surface area contributed by atoms with E-state index in [4.69, 9.17) is 0 Å². The van der Waals surface area contributed by atoms with Crippen LogP contribution in [0.4, 0.5) is 5.82 Å². The zero-order chi connectivity index (χ0) is 19.3. The molecule has 0 bridgehead atoms. The standard InChI is InChI=1S/C21H24N6O/c1-15-20(25-26-27(15)18-10-11-22-14-18)21(28)24-19-13-17(9-12-23-19)8-7-16-5-3-2-4-6-16/h2-6,9,12-13,18,22H,7-8,10-11,14H2,1H3,(H,23,24,28). The van der Waals surface area contributed by atoms with Crippen LogP contribution in [0.2, 0.25) is 0 Å². The lowest BCUT2D eigenvalue weighted by molar-refractivity contribution is 0.102. The number of carbonyl (C=O) groups excluding carboxylic acids is 1. The van der Waals surface area contributed by atoms with Crippen LogP contribution in [0.15, 0.2) is 48.7 Å². The van der Waals surface area contributed by atoms with Crippen LogP contribution in [0, 0.1) is 6.92 Å². The number of hydrogen-bond acceptors (Lipinski definition) is 5. The number of benzene rings is 1. The van der Waals surface area contributed by atoms with Crippen molar-refractivity contribution >= 4 is 11.7 Å². The number of nitrogens with zero attached hydrogens (tertiary/aromatic N) is 4. The van der Waals surface area contributed by atoms with Gasteiger partial charge in [-0.15, -0.1) is 5.10 Å². The third-order valence-electron chi connectivity index (χ3n) is 5.13. The second-order valence-corrected chi connectivity index (χ2v) is 7.10. The highest BCUT2D eigenvalue weighted by atomic mass is 16.2. The fourth-order valence-electron chi connectivity index (χ4n) is 3.55. The first-order valence-corrected chi connectivity index (χ1v) is 9.63. The third-order valence-corrected chi connectivity index (χ3v) is 5.13. The lowest BCUT2D eigenvalue weighted by Crippen LogP contribution is -2.18. The zero-order valence-corrected chi connectivity index (χ0v) is 15.9. The predicted octanol–water partition coefficient (Wildman–Crippen LogP) is 2.55. The van der Waals surface area contributed by atoms with Gasteiger partial charge in [-0.25, -0.2) is 9.67 Å². The number of aromatic nitrogens is 4. The summed E-state index contributed by atoms with van der Waals surface area (Å²) < 4.78 is 1.85. The molecule has 1 aromatic carbocycles. The van der Waals surface area contributed by atoms with Crippen molar-refractivity contribution in [1.82, 2.24) is 25.3 Å². The molecule has 1 aliphatic rings. The summed E-state index contributed by atoms with van der Waals surface area (Å²) in [6.45, 7) is 3.71. The van der Waals surface area contributed by atoms with E-state index >= 15 is 0 Å². The number of rotatable bonds is 6. The van der Waals surface area contributed by atoms with E-state index in [0.717, 1.165) is 43.6 Å². The molecule has 3 heterocycles. The first-order chi connectivity index (χ1) is 13.7. The highest BCUT2D eigenvalue weighted by Gasteiger charge is 2.24. The van der Waals surface area contributed by atoms with E-state index in [1.54, 1.807) is 6.20 Å². The lowest BCUT2D eigenvalue weighted by Gasteiger charge is -2.10. The van der Waals surface area contributed by atoms with Crippen LogP contribution < -0.4 is 10.6 Å². The molecule has 7 nitrogen and oxygen atoms in total. The Morgan fingerprint density at radius 2 is 2.04 bits per heavy atom. The minimum Gasteiger partial charge on any atom is -0.315 e. The normalized spacial score (nSPS) is 16.2. The smallest absolute Gasteiger partial charge is 0.279 e. The Kier molecular flexibility index (Phi) is 5.43. The molecule has 1 fully saturated rings. The molecule has 0 spiro atoms. The number of amides is 1. The molecule has 0 aliphatic carbocycles. The van der Waals surface area contributed by atoms with E-state index in [-0.39, 0.29) is 11.9 Å². The SMILES string of the molecule is Cc1c(C(=O)Nc2cc(CCc3ccccc3)ccn2)nnn1C1CCNC1. The summed E-state index contributed by atoms with van der Waals surface area (Å²) in [7, 11) is 0. The topological polar surface area (TPSA) is 84.7 Å². The fourth-order valence-corrected chi connectivity index (χ4v) is 3.55. The van der Waals surface area contributed by atoms with Gasteiger partial charge in [0.05, 0.1) is 11.7 Å². The molecule has 28 heavy (non-hydrogen) atoms. The van der Waals surface area contributed by atoms with Crippen LogP contribution in [0.5, 0.6) is 0 Å². The van der Waals surface area contributed by atoms with E-state index in [0.29, 0.717) is 11.5 Å². The van der Waals surface area contributed by atoms with E-state index in [1.165, 1.54) is 5.56 Å². The van der Waals surface area contributed by atoms with Gasteiger partial charge in [-0.3, -0.25) is 4.79 Å². The molecule has 144 valence electrons. The average Bonchev–Trinajstić information content (AvgIpc) is 3.37. The molecule has 1 amide bonds. The van der Waals surface area contributed by atoms with Crippen molar-refractivity contribution in [3.05, 3.63) is 71.2 Å². The van der Waals surface area contributed by atoms with Gasteiger partial charge in [0.2, 0.25) is 0 Å². The quantitative estimate of drug-likeness (QED) is 0.691. The van der Waals surface area contributed by atoms with E-state index in [1.807, 2.05) is 41.9 Å². The molecule has 7 heteroatoms. The van der Waals surface area contributed by atoms with Gasteiger partial charge in [0.1, 0.15) is 5.82 Å². The lowest BCUT2D eigenvalue weighted by atomic mass is 10.1. The summed E-state index contributed by atoms with van der Waals surface area (Å²) in [4.78, 5) is 16.9. The maximum absolute atomic E-state index is 12.7. The molecule has 1 unspecified atom stereocenters. The summed E-state index contributed by atoms with van der Waals surface area (Å²) in [5.41, 5.74) is 3.56. The van der Waals surface area contributed by atoms with Crippen molar-refractivity contribution in [3.8, 4) is 0 Å². The molecule has 1 aliphatic heterocycles. The Hall–Kier alpha value is -3.06. The van der Waals surface area contributed by atoms with Crippen molar-refractivity contribution in [1.29, 1.82) is 0 Å². The number of nitrogens with one attached hydrogen (secondary N) is 2. The van der Waals surface area contributed by atoms with Crippen molar-refractivity contribution in [3.63, 3.8) is 0 Å². The maximum atomic E-state index is 12.7. The number of aryl methyl sites for hydroxylation is 2. The number of hydrogen-bond donors (Lipinski definition) is 2. The molecule has 4 rings (SSSR count). The molecule has 2 N–H and O–H groups in total. The Morgan fingerprint density at radius 3 is 2.82 bits per heavy atom. The third kappa shape index (κ3) is 4.09. The first kappa shape index (κ1) is 18.3. The van der Waals surface area contributed by atoms with Gasteiger partial charge in [0.15, 0.2) is 5.69 Å². The Bertz CT molecular complexity index is 947. The molecule has 0 saturated carbocycles. The first-order valence-electron chi connectivity index (χ1n) is 9.63. The second-order valence-electron chi connectivity index (χ2n) is 7.10. The van der Waals surface area contributed by atoms with Crippen LogP contribution >= 0.6 is 0 Å². The minimum atomic E-state index is -0.276. The predicted molar refractivity (Wildman–Crippen MR) is 107 cm³/mol. The van der Waals surface area contributed by atoms with Gasteiger partial charge in [0, 0.05) is 12.7 Å². The van der Waals surface area contributed by atoms with Gasteiger partial charge in [0.25, 0.3) is 5.91 Å². The van der Waals surface area contributed by atoms with Gasteiger partial charge in [-0.2, -0.15) is 0 Å². The fraction of sp³-hybridized carbons (Fsp3) is 0.333. The molecule has 3 aromatic rings. The highest BCUT2D eigenvalue weighted by Crippen LogP contribution is 2.18. The van der Waals surface area contributed by atoms with Gasteiger partial charge in [-0.1, -0.05) is 35.5 Å². The van der Waals surface area contributed by atoms with Crippen molar-refractivity contribution in [2.24, 2.45) is 0 Å². The molecule has 0 radical (unpaired) electrons. The summed E-state index contributed by atoms with van der Waals surface area (Å²) in [6, 6.07) is 14.5. The Morgan fingerprint density at radius 1 is 1.21 bits per heavy atom. The Balaban J connectivity index is 1.42. The summed E-state index contributed by atoms with van der Waals surface area (Å²) in [5, 5.41) is 14.5. The molecule has 2 aromatic heterocycles. The van der Waals surface area contributed by atoms with Crippen LogP contribution in [-0.2, 0) is 12.8 Å². The number of carbonyl (C=O) groups is 1. The maximum Gasteiger partial charge on any atom is 0.279 e. The summed E-state index contributed by atoms with van der Waals surface area (Å²) >= 11 is 0. The van der Waals surface area contributed by atoms with Crippen LogP contribution in [0.1, 0.15) is 39.8 Å². The number of anilines is 1. The van der Waals surface area contributed by atoms with Gasteiger partial charge < -0.3 is 10.6 Å². The van der Waals surface area contributed by atoms with Crippen LogP contribution in [0.25, 0.3) is 0 Å². The largest absolute Gasteiger partial charge is 0.315 e. The average molecular weight is 376 g/mol. The summed E-state index contributed by atoms with van der Waals surface area (Å²) in [6.07, 6.45) is 4.56. The van der Waals surface area contributed by atoms with Crippen molar-refractivity contribution in [2.45, 2.75) is 32.2 Å². The Labute approximate surface area is 164 Å².